The lowest BCUT2D eigenvalue weighted by Gasteiger charge is -2.38. The van der Waals surface area contributed by atoms with Gasteiger partial charge in [0.05, 0.1) is 13.2 Å². The van der Waals surface area contributed by atoms with Gasteiger partial charge < -0.3 is 16.2 Å². The van der Waals surface area contributed by atoms with E-state index in [1.54, 1.807) is 0 Å². The minimum absolute atomic E-state index is 0.0615. The molecule has 1 heterocycles. The fourth-order valence-corrected chi connectivity index (χ4v) is 1.85. The van der Waals surface area contributed by atoms with Crippen molar-refractivity contribution in [3.05, 3.63) is 0 Å². The zero-order valence-electron chi connectivity index (χ0n) is 8.61. The lowest BCUT2D eigenvalue weighted by atomic mass is 10.1. The van der Waals surface area contributed by atoms with E-state index in [1.165, 1.54) is 0 Å². The van der Waals surface area contributed by atoms with Crippen LogP contribution in [0, 0.1) is 0 Å². The fourth-order valence-electron chi connectivity index (χ4n) is 1.85. The molecule has 4 N–H and O–H groups in total. The van der Waals surface area contributed by atoms with Crippen LogP contribution >= 0.6 is 0 Å². The number of carbonyl (C=O) groups is 1. The number of primary amides is 1. The van der Waals surface area contributed by atoms with Crippen LogP contribution in [0.1, 0.15) is 13.3 Å². The third-order valence-electron chi connectivity index (χ3n) is 2.60. The molecule has 0 radical (unpaired) electrons. The predicted octanol–water partition coefficient (Wildman–Crippen LogP) is -1.09. The van der Waals surface area contributed by atoms with Crippen molar-refractivity contribution < 1.29 is 9.53 Å². The number of hydrogen-bond acceptors (Lipinski definition) is 4. The lowest BCUT2D eigenvalue weighted by molar-refractivity contribution is -0.120. The maximum atomic E-state index is 10.8. The first kappa shape index (κ1) is 11.4. The van der Waals surface area contributed by atoms with Crippen LogP contribution in [0.2, 0.25) is 0 Å². The van der Waals surface area contributed by atoms with Gasteiger partial charge in [-0.15, -0.1) is 0 Å². The van der Waals surface area contributed by atoms with E-state index in [2.05, 4.69) is 11.8 Å². The van der Waals surface area contributed by atoms with Gasteiger partial charge in [-0.05, 0) is 6.92 Å². The minimum Gasteiger partial charge on any atom is -0.379 e. The first-order valence-corrected chi connectivity index (χ1v) is 4.97. The zero-order chi connectivity index (χ0) is 10.6. The summed E-state index contributed by atoms with van der Waals surface area (Å²) in [5, 5.41) is 0. The van der Waals surface area contributed by atoms with Gasteiger partial charge in [0, 0.05) is 31.6 Å². The van der Waals surface area contributed by atoms with Gasteiger partial charge in [0.25, 0.3) is 0 Å². The number of nitrogens with two attached hydrogens (primary N) is 2. The van der Waals surface area contributed by atoms with E-state index in [1.807, 2.05) is 0 Å². The largest absolute Gasteiger partial charge is 0.379 e. The van der Waals surface area contributed by atoms with Gasteiger partial charge in [0.2, 0.25) is 5.91 Å². The van der Waals surface area contributed by atoms with Crippen molar-refractivity contribution in [3.63, 3.8) is 0 Å². The number of carbonyl (C=O) groups excluding carboxylic acids is 1. The van der Waals surface area contributed by atoms with Crippen molar-refractivity contribution >= 4 is 5.91 Å². The van der Waals surface area contributed by atoms with Gasteiger partial charge in [0.15, 0.2) is 0 Å². The average Bonchev–Trinajstić information content (AvgIpc) is 2.15. The van der Waals surface area contributed by atoms with E-state index in [0.717, 1.165) is 6.54 Å². The first-order chi connectivity index (χ1) is 6.65. The van der Waals surface area contributed by atoms with E-state index >= 15 is 0 Å². The summed E-state index contributed by atoms with van der Waals surface area (Å²) >= 11 is 0. The number of morpholine rings is 1. The van der Waals surface area contributed by atoms with Gasteiger partial charge >= 0.3 is 0 Å². The molecule has 0 bridgehead atoms. The Morgan fingerprint density at radius 1 is 1.71 bits per heavy atom. The molecule has 2 unspecified atom stereocenters. The number of nitrogens with zero attached hydrogens (tertiary/aromatic N) is 1. The Morgan fingerprint density at radius 3 is 2.93 bits per heavy atom. The first-order valence-electron chi connectivity index (χ1n) is 4.97. The van der Waals surface area contributed by atoms with Crippen molar-refractivity contribution in [2.75, 3.05) is 26.3 Å². The zero-order valence-corrected chi connectivity index (χ0v) is 8.61. The number of amides is 1. The summed E-state index contributed by atoms with van der Waals surface area (Å²) in [5.74, 6) is -0.292. The molecule has 1 amide bonds. The summed E-state index contributed by atoms with van der Waals surface area (Å²) in [6, 6.07) is 0.378. The summed E-state index contributed by atoms with van der Waals surface area (Å²) in [6.07, 6.45) is 0.334. The molecule has 82 valence electrons. The number of ether oxygens (including phenoxy) is 1. The highest BCUT2D eigenvalue weighted by molar-refractivity contribution is 5.74. The maximum Gasteiger partial charge on any atom is 0.219 e. The number of hydrogen-bond donors (Lipinski definition) is 2. The maximum absolute atomic E-state index is 10.8. The van der Waals surface area contributed by atoms with E-state index < -0.39 is 0 Å². The van der Waals surface area contributed by atoms with Crippen molar-refractivity contribution in [3.8, 4) is 0 Å². The molecule has 0 aromatic heterocycles. The van der Waals surface area contributed by atoms with Gasteiger partial charge in [-0.2, -0.15) is 0 Å². The van der Waals surface area contributed by atoms with E-state index in [0.29, 0.717) is 32.2 Å². The molecular weight excluding hydrogens is 182 g/mol. The molecule has 2 atom stereocenters. The third-order valence-corrected chi connectivity index (χ3v) is 2.60. The molecule has 0 aliphatic carbocycles. The quantitative estimate of drug-likeness (QED) is 0.605. The molecule has 0 aromatic carbocycles. The molecular formula is C9H19N3O2. The summed E-state index contributed by atoms with van der Waals surface area (Å²) in [4.78, 5) is 13.0. The highest BCUT2D eigenvalue weighted by atomic mass is 16.5. The SMILES string of the molecule is CC1COCCN1C(CN)CC(N)=O. The van der Waals surface area contributed by atoms with E-state index in [4.69, 9.17) is 16.2 Å². The highest BCUT2D eigenvalue weighted by Crippen LogP contribution is 2.12. The Bertz CT molecular complexity index is 198. The van der Waals surface area contributed by atoms with Gasteiger partial charge in [-0.25, -0.2) is 0 Å². The molecule has 0 spiro atoms. The predicted molar refractivity (Wildman–Crippen MR) is 53.6 cm³/mol. The van der Waals surface area contributed by atoms with Crippen LogP contribution in [-0.2, 0) is 9.53 Å². The van der Waals surface area contributed by atoms with Crippen molar-refractivity contribution in [1.82, 2.24) is 4.90 Å². The Hall–Kier alpha value is -0.650. The van der Waals surface area contributed by atoms with Gasteiger partial charge in [-0.1, -0.05) is 0 Å². The molecule has 1 saturated heterocycles. The van der Waals surface area contributed by atoms with Crippen LogP contribution in [0.15, 0.2) is 0 Å². The monoisotopic (exact) mass is 201 g/mol. The van der Waals surface area contributed by atoms with Gasteiger partial charge in [0.1, 0.15) is 0 Å². The summed E-state index contributed by atoms with van der Waals surface area (Å²) in [6.45, 7) is 4.78. The van der Waals surface area contributed by atoms with Crippen molar-refractivity contribution in [1.29, 1.82) is 0 Å². The molecule has 1 fully saturated rings. The topological polar surface area (TPSA) is 81.6 Å². The Balaban J connectivity index is 2.52. The normalized spacial score (nSPS) is 26.0. The smallest absolute Gasteiger partial charge is 0.219 e. The van der Waals surface area contributed by atoms with Crippen molar-refractivity contribution in [2.45, 2.75) is 25.4 Å². The molecule has 1 aliphatic heterocycles. The van der Waals surface area contributed by atoms with Gasteiger partial charge in [-0.3, -0.25) is 9.69 Å². The van der Waals surface area contributed by atoms with Crippen LogP contribution in [-0.4, -0.2) is 49.2 Å². The Morgan fingerprint density at radius 2 is 2.43 bits per heavy atom. The third kappa shape index (κ3) is 2.94. The van der Waals surface area contributed by atoms with Crippen LogP contribution in [0.3, 0.4) is 0 Å². The minimum atomic E-state index is -0.292. The van der Waals surface area contributed by atoms with E-state index in [9.17, 15) is 4.79 Å². The molecule has 5 heteroatoms. The summed E-state index contributed by atoms with van der Waals surface area (Å²) in [7, 11) is 0. The summed E-state index contributed by atoms with van der Waals surface area (Å²) < 4.78 is 5.31. The molecule has 5 nitrogen and oxygen atoms in total. The molecule has 0 saturated carbocycles. The molecule has 0 aromatic rings. The van der Waals surface area contributed by atoms with Crippen LogP contribution in [0.25, 0.3) is 0 Å². The van der Waals surface area contributed by atoms with Crippen LogP contribution < -0.4 is 11.5 Å². The second-order valence-corrected chi connectivity index (χ2v) is 3.72. The molecule has 14 heavy (non-hydrogen) atoms. The Kier molecular flexibility index (Phi) is 4.31. The second kappa shape index (κ2) is 5.29. The molecule has 1 rings (SSSR count). The number of rotatable bonds is 4. The van der Waals surface area contributed by atoms with E-state index in [-0.39, 0.29) is 11.9 Å². The Labute approximate surface area is 84.4 Å². The average molecular weight is 201 g/mol. The van der Waals surface area contributed by atoms with Crippen LogP contribution in [0.5, 0.6) is 0 Å². The van der Waals surface area contributed by atoms with Crippen molar-refractivity contribution in [2.24, 2.45) is 11.5 Å². The second-order valence-electron chi connectivity index (χ2n) is 3.72. The fraction of sp³-hybridized carbons (Fsp3) is 0.889. The highest BCUT2D eigenvalue weighted by Gasteiger charge is 2.26. The summed E-state index contributed by atoms with van der Waals surface area (Å²) in [5.41, 5.74) is 10.8. The van der Waals surface area contributed by atoms with Crippen LogP contribution in [0.4, 0.5) is 0 Å². The lowest BCUT2D eigenvalue weighted by Crippen LogP contribution is -2.53. The standard InChI is InChI=1S/C9H19N3O2/c1-7-6-14-3-2-12(7)8(5-10)4-9(11)13/h7-8H,2-6,10H2,1H3,(H2,11,13). The molecule has 1 aliphatic rings.